The van der Waals surface area contributed by atoms with Gasteiger partial charge in [-0.05, 0) is 38.4 Å². The van der Waals surface area contributed by atoms with Crippen LogP contribution in [0.5, 0.6) is 0 Å². The molecule has 0 spiro atoms. The van der Waals surface area contributed by atoms with E-state index < -0.39 is 4.92 Å². The number of piperidine rings is 1. The number of carbonyl (C=O) groups excluding carboxylic acids is 1. The molecule has 3 rings (SSSR count). The minimum Gasteiger partial charge on any atom is -0.349 e. The van der Waals surface area contributed by atoms with Crippen LogP contribution in [0, 0.1) is 10.1 Å². The largest absolute Gasteiger partial charge is 0.349 e. The van der Waals surface area contributed by atoms with E-state index in [0.29, 0.717) is 11.7 Å². The van der Waals surface area contributed by atoms with E-state index in [2.05, 4.69) is 22.5 Å². The van der Waals surface area contributed by atoms with Gasteiger partial charge in [-0.15, -0.1) is 0 Å². The number of nitrogens with one attached hydrogen (secondary N) is 2. The molecule has 8 heteroatoms. The first-order valence-electron chi connectivity index (χ1n) is 7.85. The Hall–Kier alpha value is -2.74. The van der Waals surface area contributed by atoms with Gasteiger partial charge in [0.05, 0.1) is 11.3 Å². The molecule has 2 unspecified atom stereocenters. The Morgan fingerprint density at radius 3 is 3.00 bits per heavy atom. The highest BCUT2D eigenvalue weighted by Crippen LogP contribution is 2.24. The third kappa shape index (κ3) is 3.43. The molecule has 0 saturated carbocycles. The second kappa shape index (κ2) is 6.79. The topological polar surface area (TPSA) is 102 Å². The number of aromatic nitrogens is 2. The second-order valence-corrected chi connectivity index (χ2v) is 5.98. The van der Waals surface area contributed by atoms with Crippen molar-refractivity contribution in [1.29, 1.82) is 0 Å². The van der Waals surface area contributed by atoms with Crippen LogP contribution >= 0.6 is 0 Å². The molecule has 2 atom stereocenters. The molecule has 1 aromatic heterocycles. The smallest absolute Gasteiger partial charge is 0.294 e. The van der Waals surface area contributed by atoms with Gasteiger partial charge in [0.1, 0.15) is 5.69 Å². The van der Waals surface area contributed by atoms with Gasteiger partial charge in [0.2, 0.25) is 0 Å². The number of benzene rings is 1. The first-order valence-corrected chi connectivity index (χ1v) is 7.85. The van der Waals surface area contributed by atoms with Crippen molar-refractivity contribution in [2.75, 3.05) is 6.54 Å². The van der Waals surface area contributed by atoms with Crippen LogP contribution in [-0.2, 0) is 0 Å². The minimum atomic E-state index is -0.487. The Kier molecular flexibility index (Phi) is 4.57. The van der Waals surface area contributed by atoms with Crippen molar-refractivity contribution in [2.45, 2.75) is 31.8 Å². The molecule has 1 aliphatic rings. The summed E-state index contributed by atoms with van der Waals surface area (Å²) in [6.07, 6.45) is 6.35. The number of rotatable bonds is 4. The first-order chi connectivity index (χ1) is 11.5. The Morgan fingerprint density at radius 2 is 2.33 bits per heavy atom. The van der Waals surface area contributed by atoms with Crippen molar-refractivity contribution < 1.29 is 9.72 Å². The van der Waals surface area contributed by atoms with Gasteiger partial charge in [-0.2, -0.15) is 0 Å². The van der Waals surface area contributed by atoms with Crippen molar-refractivity contribution in [1.82, 2.24) is 20.2 Å². The molecular weight excluding hydrogens is 310 g/mol. The molecule has 0 radical (unpaired) electrons. The zero-order valence-corrected chi connectivity index (χ0v) is 13.3. The van der Waals surface area contributed by atoms with Crippen LogP contribution in [-0.4, -0.2) is 39.0 Å². The van der Waals surface area contributed by atoms with Gasteiger partial charge in [-0.1, -0.05) is 0 Å². The number of hydrogen-bond acceptors (Lipinski definition) is 5. The minimum absolute atomic E-state index is 0.0844. The summed E-state index contributed by atoms with van der Waals surface area (Å²) in [5.41, 5.74) is 0.542. The van der Waals surface area contributed by atoms with Gasteiger partial charge >= 0.3 is 0 Å². The van der Waals surface area contributed by atoms with Gasteiger partial charge in [0, 0.05) is 36.1 Å². The molecule has 24 heavy (non-hydrogen) atoms. The summed E-state index contributed by atoms with van der Waals surface area (Å²) in [7, 11) is 0. The molecule has 0 bridgehead atoms. The van der Waals surface area contributed by atoms with Crippen LogP contribution in [0.1, 0.15) is 30.1 Å². The Morgan fingerprint density at radius 1 is 1.50 bits per heavy atom. The predicted molar refractivity (Wildman–Crippen MR) is 88.2 cm³/mol. The molecule has 1 amide bonds. The maximum Gasteiger partial charge on any atom is 0.294 e. The molecule has 1 aliphatic heterocycles. The van der Waals surface area contributed by atoms with Crippen LogP contribution in [0.25, 0.3) is 5.69 Å². The molecular formula is C16H19N5O3. The fourth-order valence-corrected chi connectivity index (χ4v) is 2.96. The van der Waals surface area contributed by atoms with E-state index in [0.717, 1.165) is 19.4 Å². The summed E-state index contributed by atoms with van der Waals surface area (Å²) in [5, 5.41) is 17.6. The van der Waals surface area contributed by atoms with Crippen LogP contribution in [0.15, 0.2) is 36.9 Å². The highest BCUT2D eigenvalue weighted by Gasteiger charge is 2.23. The summed E-state index contributed by atoms with van der Waals surface area (Å²) in [5.74, 6) is -0.283. The maximum atomic E-state index is 12.4. The number of amides is 1. The third-order valence-corrected chi connectivity index (χ3v) is 4.18. The van der Waals surface area contributed by atoms with Crippen molar-refractivity contribution in [3.05, 3.63) is 52.6 Å². The predicted octanol–water partition coefficient (Wildman–Crippen LogP) is 1.65. The highest BCUT2D eigenvalue weighted by molar-refractivity contribution is 5.95. The van der Waals surface area contributed by atoms with E-state index in [-0.39, 0.29) is 23.2 Å². The summed E-state index contributed by atoms with van der Waals surface area (Å²) in [6.45, 7) is 2.93. The van der Waals surface area contributed by atoms with Crippen LogP contribution < -0.4 is 10.6 Å². The van der Waals surface area contributed by atoms with E-state index >= 15 is 0 Å². The van der Waals surface area contributed by atoms with Crippen molar-refractivity contribution >= 4 is 11.6 Å². The molecule has 1 saturated heterocycles. The van der Waals surface area contributed by atoms with Crippen molar-refractivity contribution in [3.63, 3.8) is 0 Å². The van der Waals surface area contributed by atoms with Gasteiger partial charge in [0.25, 0.3) is 11.6 Å². The average Bonchev–Trinajstić information content (AvgIpc) is 3.08. The molecule has 1 aromatic carbocycles. The zero-order chi connectivity index (χ0) is 17.1. The number of carbonyl (C=O) groups is 1. The summed E-state index contributed by atoms with van der Waals surface area (Å²) >= 11 is 0. The fourth-order valence-electron chi connectivity index (χ4n) is 2.96. The number of imidazole rings is 1. The molecule has 2 heterocycles. The Balaban J connectivity index is 1.82. The van der Waals surface area contributed by atoms with Crippen LogP contribution in [0.4, 0.5) is 5.69 Å². The standard InChI is InChI=1S/C16H19N5O3/c1-11-8-13(4-5-18-11)19-16(22)12-2-3-14(15(9-12)21(23)24)20-7-6-17-10-20/h2-3,6-7,9-11,13,18H,4-5,8H2,1H3,(H,19,22). The maximum absolute atomic E-state index is 12.4. The number of nitrogens with zero attached hydrogens (tertiary/aromatic N) is 3. The average molecular weight is 329 g/mol. The van der Waals surface area contributed by atoms with E-state index in [1.807, 2.05) is 0 Å². The van der Waals surface area contributed by atoms with Gasteiger partial charge in [-0.25, -0.2) is 4.98 Å². The van der Waals surface area contributed by atoms with Gasteiger partial charge < -0.3 is 15.2 Å². The summed E-state index contributed by atoms with van der Waals surface area (Å²) < 4.78 is 1.55. The summed E-state index contributed by atoms with van der Waals surface area (Å²) in [4.78, 5) is 27.2. The van der Waals surface area contributed by atoms with Crippen molar-refractivity contribution in [2.24, 2.45) is 0 Å². The molecule has 8 nitrogen and oxygen atoms in total. The van der Waals surface area contributed by atoms with Crippen LogP contribution in [0.3, 0.4) is 0 Å². The lowest BCUT2D eigenvalue weighted by Gasteiger charge is -2.28. The molecule has 2 aromatic rings. The molecule has 126 valence electrons. The number of nitro groups is 1. The third-order valence-electron chi connectivity index (χ3n) is 4.18. The molecule has 1 fully saturated rings. The molecule has 0 aliphatic carbocycles. The lowest BCUT2D eigenvalue weighted by atomic mass is 10.00. The highest BCUT2D eigenvalue weighted by atomic mass is 16.6. The second-order valence-electron chi connectivity index (χ2n) is 5.98. The Labute approximate surface area is 139 Å². The number of nitro benzene ring substituents is 1. The monoisotopic (exact) mass is 329 g/mol. The lowest BCUT2D eigenvalue weighted by Crippen LogP contribution is -2.46. The first kappa shape index (κ1) is 16.1. The van der Waals surface area contributed by atoms with Gasteiger partial charge in [-0.3, -0.25) is 14.9 Å². The normalized spacial score (nSPS) is 20.5. The fraction of sp³-hybridized carbons (Fsp3) is 0.375. The van der Waals surface area contributed by atoms with Gasteiger partial charge in [0.15, 0.2) is 0 Å². The van der Waals surface area contributed by atoms with Crippen molar-refractivity contribution in [3.8, 4) is 5.69 Å². The number of hydrogen-bond donors (Lipinski definition) is 2. The van der Waals surface area contributed by atoms with E-state index in [4.69, 9.17) is 0 Å². The SMILES string of the molecule is CC1CC(NC(=O)c2ccc(-n3ccnc3)c([N+](=O)[O-])c2)CCN1. The zero-order valence-electron chi connectivity index (χ0n) is 13.3. The van der Waals surface area contributed by atoms with E-state index in [9.17, 15) is 14.9 Å². The lowest BCUT2D eigenvalue weighted by molar-refractivity contribution is -0.384. The summed E-state index contributed by atoms with van der Waals surface area (Å²) in [6, 6.07) is 4.92. The Bertz CT molecular complexity index is 744. The van der Waals surface area contributed by atoms with E-state index in [1.54, 1.807) is 29.1 Å². The van der Waals surface area contributed by atoms with Crippen LogP contribution in [0.2, 0.25) is 0 Å². The molecule has 2 N–H and O–H groups in total. The quantitative estimate of drug-likeness (QED) is 0.656. The van der Waals surface area contributed by atoms with E-state index in [1.165, 1.54) is 12.4 Å².